The molecule has 1 spiro atoms. The molecule has 0 amide bonds. The van der Waals surface area contributed by atoms with Gasteiger partial charge in [0.2, 0.25) is 0 Å². The van der Waals surface area contributed by atoms with Gasteiger partial charge >= 0.3 is 6.18 Å². The van der Waals surface area contributed by atoms with Crippen LogP contribution in [-0.4, -0.2) is 51.0 Å². The van der Waals surface area contributed by atoms with E-state index < -0.39 is 40.1 Å². The Morgan fingerprint density at radius 2 is 1.83 bits per heavy atom. The zero-order valence-corrected chi connectivity index (χ0v) is 19.4. The van der Waals surface area contributed by atoms with Gasteiger partial charge in [-0.05, 0) is 51.1 Å². The number of benzene rings is 1. The van der Waals surface area contributed by atoms with Gasteiger partial charge in [0.15, 0.2) is 0 Å². The number of nitrogens with one attached hydrogen (secondary N) is 2. The second-order valence-corrected chi connectivity index (χ2v) is 9.52. The van der Waals surface area contributed by atoms with Crippen molar-refractivity contribution in [2.45, 2.75) is 50.9 Å². The first kappa shape index (κ1) is 24.0. The topological polar surface area (TPSA) is 76.4 Å². The second-order valence-electron chi connectivity index (χ2n) is 9.17. The average Bonchev–Trinajstić information content (AvgIpc) is 3.22. The molecule has 1 aliphatic carbocycles. The van der Waals surface area contributed by atoms with Crippen molar-refractivity contribution in [1.29, 1.82) is 0 Å². The minimum absolute atomic E-state index is 0.00150. The molecule has 3 heterocycles. The number of anilines is 1. The van der Waals surface area contributed by atoms with Gasteiger partial charge in [-0.1, -0.05) is 11.6 Å². The predicted molar refractivity (Wildman–Crippen MR) is 118 cm³/mol. The molecular weight excluding hydrogens is 495 g/mol. The summed E-state index contributed by atoms with van der Waals surface area (Å²) in [4.78, 5) is 7.74. The molecule has 188 valence electrons. The third kappa shape index (κ3) is 4.49. The van der Waals surface area contributed by atoms with Crippen LogP contribution in [0.4, 0.5) is 27.8 Å². The maximum Gasteiger partial charge on any atom is 0.408 e. The number of piperidine rings is 1. The third-order valence-corrected chi connectivity index (χ3v) is 7.05. The molecule has 0 unspecified atom stereocenters. The highest BCUT2D eigenvalue weighted by atomic mass is 35.5. The van der Waals surface area contributed by atoms with Crippen molar-refractivity contribution in [2.75, 3.05) is 18.4 Å². The van der Waals surface area contributed by atoms with Crippen molar-refractivity contribution in [3.63, 3.8) is 0 Å². The number of nitrogens with zero attached hydrogens (tertiary/aromatic N) is 4. The highest BCUT2D eigenvalue weighted by Crippen LogP contribution is 2.49. The van der Waals surface area contributed by atoms with Crippen LogP contribution in [0.2, 0.25) is 5.15 Å². The predicted octanol–water partition coefficient (Wildman–Crippen LogP) is 5.00. The molecule has 5 rings (SSSR count). The maximum atomic E-state index is 15.3. The van der Waals surface area contributed by atoms with Gasteiger partial charge in [-0.25, -0.2) is 8.78 Å². The quantitative estimate of drug-likeness (QED) is 0.367. The van der Waals surface area contributed by atoms with Crippen LogP contribution in [0.15, 0.2) is 18.5 Å². The Labute approximate surface area is 202 Å². The lowest BCUT2D eigenvalue weighted by molar-refractivity contribution is -0.138. The molecule has 3 aromatic rings. The van der Waals surface area contributed by atoms with Crippen molar-refractivity contribution in [2.24, 2.45) is 5.41 Å². The number of aromatic nitrogens is 4. The van der Waals surface area contributed by atoms with Crippen LogP contribution < -0.4 is 15.4 Å². The summed E-state index contributed by atoms with van der Waals surface area (Å²) in [5.41, 5.74) is -0.832. The van der Waals surface area contributed by atoms with Gasteiger partial charge in [-0.15, -0.1) is 0 Å². The SMILES string of the molecule is C[C@H](Nc1c(-c2c(F)cc(OC3CC4(CCNCC4)C3)cc2F)c(Cl)nc2ncnn12)C(F)(F)F. The Morgan fingerprint density at radius 3 is 2.46 bits per heavy atom. The van der Waals surface area contributed by atoms with Crippen molar-refractivity contribution < 1.29 is 26.7 Å². The lowest BCUT2D eigenvalue weighted by Gasteiger charge is -2.49. The Balaban J connectivity index is 1.48. The zero-order valence-electron chi connectivity index (χ0n) is 18.6. The highest BCUT2D eigenvalue weighted by molar-refractivity contribution is 6.33. The van der Waals surface area contributed by atoms with Crippen LogP contribution in [0.5, 0.6) is 5.75 Å². The van der Waals surface area contributed by atoms with Crippen LogP contribution in [0.1, 0.15) is 32.6 Å². The van der Waals surface area contributed by atoms with E-state index in [1.165, 1.54) is 0 Å². The van der Waals surface area contributed by atoms with Crippen molar-refractivity contribution >= 4 is 23.2 Å². The number of ether oxygens (including phenoxy) is 1. The Morgan fingerprint density at radius 1 is 1.17 bits per heavy atom. The fourth-order valence-corrected chi connectivity index (χ4v) is 5.12. The summed E-state index contributed by atoms with van der Waals surface area (Å²) in [7, 11) is 0. The van der Waals surface area contributed by atoms with E-state index >= 15 is 8.78 Å². The summed E-state index contributed by atoms with van der Waals surface area (Å²) >= 11 is 6.20. The lowest BCUT2D eigenvalue weighted by atomic mass is 9.62. The van der Waals surface area contributed by atoms with Gasteiger partial charge in [-0.2, -0.15) is 32.8 Å². The second kappa shape index (κ2) is 8.74. The molecule has 2 aromatic heterocycles. The van der Waals surface area contributed by atoms with Crippen molar-refractivity contribution in [3.8, 4) is 16.9 Å². The average molecular weight is 517 g/mol. The largest absolute Gasteiger partial charge is 0.490 e. The van der Waals surface area contributed by atoms with Gasteiger partial charge in [0, 0.05) is 12.1 Å². The minimum Gasteiger partial charge on any atom is -0.490 e. The first-order chi connectivity index (χ1) is 16.6. The first-order valence-corrected chi connectivity index (χ1v) is 11.5. The van der Waals surface area contributed by atoms with Crippen molar-refractivity contribution in [1.82, 2.24) is 24.9 Å². The summed E-state index contributed by atoms with van der Waals surface area (Å²) in [6, 6.07) is -0.0724. The number of hydrogen-bond donors (Lipinski definition) is 2. The number of halogens is 6. The van der Waals surface area contributed by atoms with Crippen LogP contribution in [-0.2, 0) is 0 Å². The molecule has 35 heavy (non-hydrogen) atoms. The normalized spacial score (nSPS) is 19.1. The fraction of sp³-hybridized carbons (Fsp3) is 0.500. The lowest BCUT2D eigenvalue weighted by Crippen LogP contribution is -2.49. The smallest absolute Gasteiger partial charge is 0.408 e. The van der Waals surface area contributed by atoms with E-state index in [-0.39, 0.29) is 28.9 Å². The molecule has 0 bridgehead atoms. The summed E-state index contributed by atoms with van der Waals surface area (Å²) in [6.45, 7) is 2.75. The van der Waals surface area contributed by atoms with E-state index in [4.69, 9.17) is 16.3 Å². The summed E-state index contributed by atoms with van der Waals surface area (Å²) in [5.74, 6) is -2.63. The number of hydrogen-bond acceptors (Lipinski definition) is 6. The molecule has 7 nitrogen and oxygen atoms in total. The first-order valence-electron chi connectivity index (χ1n) is 11.2. The van der Waals surface area contributed by atoms with Crippen LogP contribution in [0.3, 0.4) is 0 Å². The fourth-order valence-electron chi connectivity index (χ4n) is 4.86. The highest BCUT2D eigenvalue weighted by Gasteiger charge is 2.46. The number of rotatable bonds is 5. The molecule has 1 saturated carbocycles. The van der Waals surface area contributed by atoms with Gasteiger partial charge in [0.05, 0.1) is 17.2 Å². The van der Waals surface area contributed by atoms with E-state index in [1.807, 2.05) is 0 Å². The molecule has 13 heteroatoms. The van der Waals surface area contributed by atoms with Gasteiger partial charge in [-0.3, -0.25) is 0 Å². The Hall–Kier alpha value is -2.73. The van der Waals surface area contributed by atoms with Crippen LogP contribution in [0, 0.1) is 17.0 Å². The minimum atomic E-state index is -4.65. The van der Waals surface area contributed by atoms with E-state index in [0.717, 1.165) is 68.7 Å². The molecule has 2 aliphatic rings. The monoisotopic (exact) mass is 516 g/mol. The van der Waals surface area contributed by atoms with Gasteiger partial charge in [0.25, 0.3) is 5.78 Å². The number of fused-ring (bicyclic) bond motifs is 1. The zero-order chi connectivity index (χ0) is 25.0. The molecule has 2 fully saturated rings. The van der Waals surface area contributed by atoms with E-state index in [2.05, 4.69) is 25.7 Å². The molecule has 0 radical (unpaired) electrons. The Bertz CT molecular complexity index is 1230. The van der Waals surface area contributed by atoms with E-state index in [0.29, 0.717) is 0 Å². The van der Waals surface area contributed by atoms with E-state index in [1.54, 1.807) is 0 Å². The number of alkyl halides is 3. The van der Waals surface area contributed by atoms with Crippen LogP contribution >= 0.6 is 11.6 Å². The van der Waals surface area contributed by atoms with E-state index in [9.17, 15) is 13.2 Å². The molecule has 1 aromatic carbocycles. The molecular formula is C22H22ClF5N6O. The molecule has 1 atom stereocenters. The standard InChI is InChI=1S/C22H22ClF5N6O/c1-11(22(26,27)28)32-19-17(18(23)33-20-30-10-31-34(19)20)16-14(24)6-12(7-15(16)25)35-13-8-21(9-13)2-4-29-5-3-21/h6-7,10-11,13,29,32H,2-5,8-9H2,1H3/t11-/m0/s1. The summed E-state index contributed by atoms with van der Waals surface area (Å²) < 4.78 is 77.1. The molecule has 1 saturated heterocycles. The van der Waals surface area contributed by atoms with Gasteiger partial charge in [0.1, 0.15) is 40.7 Å². The Kier molecular flexibility index (Phi) is 5.99. The summed E-state index contributed by atoms with van der Waals surface area (Å²) in [5, 5.41) is 8.93. The molecule has 1 aliphatic heterocycles. The van der Waals surface area contributed by atoms with Gasteiger partial charge < -0.3 is 15.4 Å². The summed E-state index contributed by atoms with van der Waals surface area (Å²) in [6.07, 6.45) is -0.0661. The maximum absolute atomic E-state index is 15.3. The van der Waals surface area contributed by atoms with Crippen LogP contribution in [0.25, 0.3) is 16.9 Å². The van der Waals surface area contributed by atoms with Crippen molar-refractivity contribution in [3.05, 3.63) is 35.2 Å². The molecule has 2 N–H and O–H groups in total. The third-order valence-electron chi connectivity index (χ3n) is 6.78.